The van der Waals surface area contributed by atoms with Crippen LogP contribution in [0.5, 0.6) is 0 Å². The van der Waals surface area contributed by atoms with E-state index in [4.69, 9.17) is 5.73 Å². The van der Waals surface area contributed by atoms with Crippen molar-refractivity contribution in [3.05, 3.63) is 72.4 Å². The summed E-state index contributed by atoms with van der Waals surface area (Å²) in [7, 11) is 0. The van der Waals surface area contributed by atoms with Crippen LogP contribution in [0, 0.1) is 0 Å². The van der Waals surface area contributed by atoms with Crippen LogP contribution in [0.3, 0.4) is 0 Å². The van der Waals surface area contributed by atoms with Crippen LogP contribution in [0.1, 0.15) is 5.56 Å². The van der Waals surface area contributed by atoms with Gasteiger partial charge in [0.1, 0.15) is 5.01 Å². The van der Waals surface area contributed by atoms with Crippen LogP contribution < -0.4 is 11.1 Å². The highest BCUT2D eigenvalue weighted by atomic mass is 32.1. The minimum absolute atomic E-state index is 0.0181. The van der Waals surface area contributed by atoms with E-state index in [0.717, 1.165) is 33.0 Å². The van der Waals surface area contributed by atoms with Gasteiger partial charge in [0.15, 0.2) is 0 Å². The number of benzene rings is 3. The molecular formula is C22H20N6S. The molecule has 0 spiro atoms. The Hall–Kier alpha value is -3.29. The molecule has 0 saturated heterocycles. The molecule has 144 valence electrons. The Morgan fingerprint density at radius 1 is 1.00 bits per heavy atom. The molecule has 0 saturated carbocycles. The normalized spacial score (nSPS) is 12.4. The second kappa shape index (κ2) is 7.62. The van der Waals surface area contributed by atoms with E-state index in [0.29, 0.717) is 6.54 Å². The number of hydrogen-bond donors (Lipinski definition) is 3. The van der Waals surface area contributed by atoms with Crippen LogP contribution in [0.15, 0.2) is 66.9 Å². The third-order valence-corrected chi connectivity index (χ3v) is 5.92. The Morgan fingerprint density at radius 3 is 2.86 bits per heavy atom. The zero-order valence-corrected chi connectivity index (χ0v) is 16.5. The van der Waals surface area contributed by atoms with Gasteiger partial charge in [0.25, 0.3) is 0 Å². The number of rotatable bonds is 6. The molecule has 1 atom stereocenters. The fourth-order valence-corrected chi connectivity index (χ4v) is 4.28. The maximum Gasteiger partial charge on any atom is 0.206 e. The van der Waals surface area contributed by atoms with Crippen molar-refractivity contribution in [2.24, 2.45) is 5.73 Å². The number of nitrogens with zero attached hydrogens (tertiary/aromatic N) is 3. The van der Waals surface area contributed by atoms with Crippen molar-refractivity contribution in [2.75, 3.05) is 11.9 Å². The Kier molecular flexibility index (Phi) is 4.67. The van der Waals surface area contributed by atoms with E-state index < -0.39 is 0 Å². The van der Waals surface area contributed by atoms with E-state index in [1.54, 1.807) is 0 Å². The molecule has 3 aromatic carbocycles. The number of fused-ring (bicyclic) bond motifs is 2. The molecule has 5 aromatic rings. The average Bonchev–Trinajstić information content (AvgIpc) is 3.41. The second-order valence-electron chi connectivity index (χ2n) is 7.07. The quantitative estimate of drug-likeness (QED) is 0.397. The van der Waals surface area contributed by atoms with E-state index in [1.807, 2.05) is 18.3 Å². The molecule has 0 bridgehead atoms. The van der Waals surface area contributed by atoms with E-state index in [1.165, 1.54) is 27.7 Å². The van der Waals surface area contributed by atoms with Gasteiger partial charge in [-0.3, -0.25) is 5.10 Å². The van der Waals surface area contributed by atoms with Crippen LogP contribution in [0.2, 0.25) is 0 Å². The number of aromatic nitrogens is 4. The summed E-state index contributed by atoms with van der Waals surface area (Å²) in [6, 6.07) is 20.9. The van der Waals surface area contributed by atoms with Gasteiger partial charge in [0, 0.05) is 23.5 Å². The zero-order chi connectivity index (χ0) is 19.6. The van der Waals surface area contributed by atoms with Crippen LogP contribution in [0.25, 0.3) is 32.2 Å². The first-order valence-corrected chi connectivity index (χ1v) is 10.3. The largest absolute Gasteiger partial charge is 0.359 e. The van der Waals surface area contributed by atoms with Gasteiger partial charge in [-0.15, -0.1) is 10.2 Å². The molecular weight excluding hydrogens is 380 g/mol. The minimum atomic E-state index is -0.0181. The summed E-state index contributed by atoms with van der Waals surface area (Å²) in [5, 5.41) is 24.2. The number of nitrogens with two attached hydrogens (primary N) is 1. The van der Waals surface area contributed by atoms with E-state index >= 15 is 0 Å². The van der Waals surface area contributed by atoms with Gasteiger partial charge in [-0.25, -0.2) is 0 Å². The molecule has 7 heteroatoms. The van der Waals surface area contributed by atoms with Gasteiger partial charge < -0.3 is 11.1 Å². The Bertz CT molecular complexity index is 1270. The lowest BCUT2D eigenvalue weighted by Crippen LogP contribution is -2.31. The average molecular weight is 401 g/mol. The van der Waals surface area contributed by atoms with Gasteiger partial charge in [0.2, 0.25) is 5.13 Å². The molecule has 2 aromatic heterocycles. The number of hydrogen-bond acceptors (Lipinski definition) is 6. The van der Waals surface area contributed by atoms with Crippen LogP contribution in [0.4, 0.5) is 5.13 Å². The van der Waals surface area contributed by atoms with Gasteiger partial charge in [-0.05, 0) is 41.0 Å². The lowest BCUT2D eigenvalue weighted by Gasteiger charge is -2.13. The summed E-state index contributed by atoms with van der Waals surface area (Å²) in [5.41, 5.74) is 9.71. The molecule has 6 nitrogen and oxygen atoms in total. The Labute approximate surface area is 171 Å². The molecule has 2 heterocycles. The lowest BCUT2D eigenvalue weighted by molar-refractivity contribution is 0.701. The fraction of sp³-hybridized carbons (Fsp3) is 0.136. The summed E-state index contributed by atoms with van der Waals surface area (Å²) < 4.78 is 0. The second-order valence-corrected chi connectivity index (χ2v) is 8.05. The SMILES string of the molecule is N[C@@H](CNc1nnc(-c2ccc3[nH]ncc3c2)s1)Cc1cccc2ccccc12. The molecule has 0 amide bonds. The predicted molar refractivity (Wildman–Crippen MR) is 119 cm³/mol. The number of nitrogens with one attached hydrogen (secondary N) is 2. The predicted octanol–water partition coefficient (Wildman–Crippen LogP) is 4.22. The van der Waals surface area contributed by atoms with E-state index in [-0.39, 0.29) is 6.04 Å². The summed E-state index contributed by atoms with van der Waals surface area (Å²) in [6.45, 7) is 0.638. The summed E-state index contributed by atoms with van der Waals surface area (Å²) >= 11 is 1.53. The number of H-pyrrole nitrogens is 1. The Morgan fingerprint density at radius 2 is 1.90 bits per heavy atom. The van der Waals surface area contributed by atoms with Gasteiger partial charge in [-0.1, -0.05) is 53.8 Å². The molecule has 4 N–H and O–H groups in total. The van der Waals surface area contributed by atoms with Crippen molar-refractivity contribution in [2.45, 2.75) is 12.5 Å². The molecule has 29 heavy (non-hydrogen) atoms. The Balaban J connectivity index is 1.25. The van der Waals surface area contributed by atoms with Crippen molar-refractivity contribution < 1.29 is 0 Å². The van der Waals surface area contributed by atoms with Crippen molar-refractivity contribution in [1.82, 2.24) is 20.4 Å². The highest BCUT2D eigenvalue weighted by Crippen LogP contribution is 2.28. The topological polar surface area (TPSA) is 92.5 Å². The third-order valence-electron chi connectivity index (χ3n) is 4.99. The number of anilines is 1. The molecule has 0 aliphatic rings. The van der Waals surface area contributed by atoms with Crippen LogP contribution in [-0.2, 0) is 6.42 Å². The summed E-state index contributed by atoms with van der Waals surface area (Å²) in [5.74, 6) is 0. The maximum absolute atomic E-state index is 6.40. The van der Waals surface area contributed by atoms with Gasteiger partial charge in [0.05, 0.1) is 11.7 Å². The van der Waals surface area contributed by atoms with E-state index in [2.05, 4.69) is 74.2 Å². The van der Waals surface area contributed by atoms with Crippen molar-refractivity contribution in [1.29, 1.82) is 0 Å². The highest BCUT2D eigenvalue weighted by Gasteiger charge is 2.11. The number of aromatic amines is 1. The first-order valence-electron chi connectivity index (χ1n) is 9.49. The van der Waals surface area contributed by atoms with Crippen LogP contribution in [-0.4, -0.2) is 33.0 Å². The fourth-order valence-electron chi connectivity index (χ4n) is 3.53. The molecule has 5 rings (SSSR count). The first kappa shape index (κ1) is 17.8. The van der Waals surface area contributed by atoms with Crippen molar-refractivity contribution >= 4 is 38.1 Å². The molecule has 0 aliphatic heterocycles. The molecule has 0 fully saturated rings. The summed E-state index contributed by atoms with van der Waals surface area (Å²) in [6.07, 6.45) is 2.61. The molecule has 0 aliphatic carbocycles. The van der Waals surface area contributed by atoms with Crippen LogP contribution >= 0.6 is 11.3 Å². The van der Waals surface area contributed by atoms with Gasteiger partial charge in [-0.2, -0.15) is 5.10 Å². The van der Waals surface area contributed by atoms with Gasteiger partial charge >= 0.3 is 0 Å². The smallest absolute Gasteiger partial charge is 0.206 e. The van der Waals surface area contributed by atoms with Crippen molar-refractivity contribution in [3.8, 4) is 10.6 Å². The molecule has 0 unspecified atom stereocenters. The zero-order valence-electron chi connectivity index (χ0n) is 15.7. The third kappa shape index (κ3) is 3.70. The highest BCUT2D eigenvalue weighted by molar-refractivity contribution is 7.18. The van der Waals surface area contributed by atoms with E-state index in [9.17, 15) is 0 Å². The first-order chi connectivity index (χ1) is 14.3. The maximum atomic E-state index is 6.40. The summed E-state index contributed by atoms with van der Waals surface area (Å²) in [4.78, 5) is 0. The lowest BCUT2D eigenvalue weighted by atomic mass is 9.99. The monoisotopic (exact) mass is 400 g/mol. The van der Waals surface area contributed by atoms with Crippen molar-refractivity contribution in [3.63, 3.8) is 0 Å². The standard InChI is InChI=1S/C22H20N6S/c23-18(11-15-6-3-5-14-4-1-2-7-19(14)15)13-24-22-28-27-21(29-22)16-8-9-20-17(10-16)12-25-26-20/h1-10,12,18H,11,13,23H2,(H,24,28)(H,25,26)/t18-/m1/s1. The molecule has 0 radical (unpaired) electrons. The minimum Gasteiger partial charge on any atom is -0.359 e.